The normalized spacial score (nSPS) is 13.0. The average Bonchev–Trinajstić information content (AvgIpc) is 3.12. The van der Waals surface area contributed by atoms with Gasteiger partial charge in [0.25, 0.3) is 0 Å². The van der Waals surface area contributed by atoms with Crippen molar-refractivity contribution in [2.24, 2.45) is 0 Å². The van der Waals surface area contributed by atoms with Crippen LogP contribution in [0.2, 0.25) is 0 Å². The van der Waals surface area contributed by atoms with Crippen LogP contribution in [0.1, 0.15) is 45.8 Å². The highest BCUT2D eigenvalue weighted by molar-refractivity contribution is 7.15. The summed E-state index contributed by atoms with van der Waals surface area (Å²) >= 11 is 1.32. The smallest absolute Gasteiger partial charge is 0.226 e. The molecule has 5 nitrogen and oxygen atoms in total. The van der Waals surface area contributed by atoms with Crippen molar-refractivity contribution in [1.82, 2.24) is 10.2 Å². The van der Waals surface area contributed by atoms with Gasteiger partial charge in [0.05, 0.1) is 0 Å². The van der Waals surface area contributed by atoms with Gasteiger partial charge in [0.1, 0.15) is 5.01 Å². The maximum absolute atomic E-state index is 12.2. The van der Waals surface area contributed by atoms with Crippen LogP contribution in [0.4, 0.5) is 5.13 Å². The van der Waals surface area contributed by atoms with Gasteiger partial charge >= 0.3 is 0 Å². The Morgan fingerprint density at radius 1 is 1.18 bits per heavy atom. The summed E-state index contributed by atoms with van der Waals surface area (Å²) in [5.74, 6) is -0.191. The van der Waals surface area contributed by atoms with E-state index in [1.807, 2.05) is 25.1 Å². The standard InChI is InChI=1S/C16H17N3O2S/c1-10-18-19-16(22-10)17-15(21)8-7-14(20)13-6-5-11-3-2-4-12(11)9-13/h5-6,9H,2-4,7-8H2,1H3,(H,17,19,21). The third kappa shape index (κ3) is 3.39. The summed E-state index contributed by atoms with van der Waals surface area (Å²) in [4.78, 5) is 24.0. The van der Waals surface area contributed by atoms with E-state index in [4.69, 9.17) is 0 Å². The number of benzene rings is 1. The zero-order chi connectivity index (χ0) is 15.5. The van der Waals surface area contributed by atoms with E-state index in [0.29, 0.717) is 10.7 Å². The Balaban J connectivity index is 1.54. The topological polar surface area (TPSA) is 72.0 Å². The van der Waals surface area contributed by atoms with Crippen molar-refractivity contribution in [3.05, 3.63) is 39.9 Å². The molecule has 0 bridgehead atoms. The van der Waals surface area contributed by atoms with Gasteiger partial charge in [-0.05, 0) is 43.4 Å². The minimum atomic E-state index is -0.203. The molecule has 22 heavy (non-hydrogen) atoms. The van der Waals surface area contributed by atoms with Crippen LogP contribution in [0.3, 0.4) is 0 Å². The molecule has 6 heteroatoms. The van der Waals surface area contributed by atoms with Gasteiger partial charge in [-0.25, -0.2) is 0 Å². The first-order valence-corrected chi connectivity index (χ1v) is 8.18. The van der Waals surface area contributed by atoms with Gasteiger partial charge in [0.2, 0.25) is 11.0 Å². The van der Waals surface area contributed by atoms with Crippen LogP contribution >= 0.6 is 11.3 Å². The maximum Gasteiger partial charge on any atom is 0.226 e. The number of carbonyl (C=O) groups is 2. The molecule has 0 aliphatic heterocycles. The van der Waals surface area contributed by atoms with E-state index in [2.05, 4.69) is 15.5 Å². The summed E-state index contributed by atoms with van der Waals surface area (Å²) in [5.41, 5.74) is 3.33. The lowest BCUT2D eigenvalue weighted by atomic mass is 10.0. The van der Waals surface area contributed by atoms with Gasteiger partial charge in [-0.1, -0.05) is 23.5 Å². The molecule has 3 rings (SSSR count). The van der Waals surface area contributed by atoms with Gasteiger partial charge in [0, 0.05) is 18.4 Å². The Labute approximate surface area is 132 Å². The second-order valence-electron chi connectivity index (χ2n) is 5.43. The Morgan fingerprint density at radius 3 is 2.77 bits per heavy atom. The molecule has 0 saturated heterocycles. The number of carbonyl (C=O) groups excluding carboxylic acids is 2. The highest BCUT2D eigenvalue weighted by Gasteiger charge is 2.15. The lowest BCUT2D eigenvalue weighted by Gasteiger charge is -2.04. The molecule has 0 radical (unpaired) electrons. The van der Waals surface area contributed by atoms with Gasteiger partial charge in [-0.15, -0.1) is 10.2 Å². The van der Waals surface area contributed by atoms with Crippen LogP contribution in [0, 0.1) is 6.92 Å². The Hall–Kier alpha value is -2.08. The minimum absolute atomic E-state index is 0.0123. The molecule has 0 atom stereocenters. The number of anilines is 1. The average molecular weight is 315 g/mol. The number of fused-ring (bicyclic) bond motifs is 1. The molecule has 0 unspecified atom stereocenters. The van der Waals surface area contributed by atoms with Crippen molar-refractivity contribution in [3.8, 4) is 0 Å². The minimum Gasteiger partial charge on any atom is -0.301 e. The van der Waals surface area contributed by atoms with Crippen molar-refractivity contribution in [2.75, 3.05) is 5.32 Å². The molecule has 1 aliphatic carbocycles. The van der Waals surface area contributed by atoms with E-state index in [0.717, 1.165) is 24.3 Å². The number of nitrogens with zero attached hydrogens (tertiary/aromatic N) is 2. The highest BCUT2D eigenvalue weighted by atomic mass is 32.1. The first-order chi connectivity index (χ1) is 10.6. The molecule has 1 amide bonds. The summed E-state index contributed by atoms with van der Waals surface area (Å²) in [6.45, 7) is 1.82. The zero-order valence-corrected chi connectivity index (χ0v) is 13.2. The molecule has 2 aromatic rings. The molecular weight excluding hydrogens is 298 g/mol. The molecule has 1 aromatic carbocycles. The number of Topliss-reactive ketones (excluding diaryl/α,β-unsaturated/α-hetero) is 1. The van der Waals surface area contributed by atoms with Gasteiger partial charge in [0.15, 0.2) is 5.78 Å². The molecular formula is C16H17N3O2S. The molecule has 1 aromatic heterocycles. The molecule has 1 aliphatic rings. The third-order valence-electron chi connectivity index (χ3n) is 3.77. The quantitative estimate of drug-likeness (QED) is 0.861. The molecule has 114 valence electrons. The summed E-state index contributed by atoms with van der Waals surface area (Å²) < 4.78 is 0. The molecule has 0 fully saturated rings. The second-order valence-corrected chi connectivity index (χ2v) is 6.62. The summed E-state index contributed by atoms with van der Waals surface area (Å²) in [5, 5.41) is 11.6. The van der Waals surface area contributed by atoms with E-state index >= 15 is 0 Å². The number of amides is 1. The lowest BCUT2D eigenvalue weighted by molar-refractivity contribution is -0.116. The monoisotopic (exact) mass is 315 g/mol. The Bertz CT molecular complexity index is 724. The predicted molar refractivity (Wildman–Crippen MR) is 85.3 cm³/mol. The summed E-state index contributed by atoms with van der Waals surface area (Å²) in [6.07, 6.45) is 3.69. The van der Waals surface area contributed by atoms with Crippen LogP contribution in [-0.2, 0) is 17.6 Å². The fourth-order valence-corrected chi connectivity index (χ4v) is 3.25. The molecule has 0 saturated carbocycles. The lowest BCUT2D eigenvalue weighted by Crippen LogP contribution is -2.13. The fourth-order valence-electron chi connectivity index (χ4n) is 2.65. The van der Waals surface area contributed by atoms with Crippen LogP contribution in [0.5, 0.6) is 0 Å². The van der Waals surface area contributed by atoms with E-state index in [-0.39, 0.29) is 24.5 Å². The number of aryl methyl sites for hydroxylation is 3. The van der Waals surface area contributed by atoms with Crippen molar-refractivity contribution >= 4 is 28.2 Å². The summed E-state index contributed by atoms with van der Waals surface area (Å²) in [6, 6.07) is 5.90. The first-order valence-electron chi connectivity index (χ1n) is 7.37. The Morgan fingerprint density at radius 2 is 2.00 bits per heavy atom. The number of aromatic nitrogens is 2. The first kappa shape index (κ1) is 14.8. The van der Waals surface area contributed by atoms with Crippen molar-refractivity contribution in [3.63, 3.8) is 0 Å². The van der Waals surface area contributed by atoms with Crippen LogP contribution in [0.15, 0.2) is 18.2 Å². The van der Waals surface area contributed by atoms with E-state index in [1.165, 1.54) is 22.5 Å². The third-order valence-corrected chi connectivity index (χ3v) is 4.53. The zero-order valence-electron chi connectivity index (χ0n) is 12.4. The number of hydrogen-bond donors (Lipinski definition) is 1. The number of hydrogen-bond acceptors (Lipinski definition) is 5. The van der Waals surface area contributed by atoms with E-state index in [1.54, 1.807) is 0 Å². The summed E-state index contributed by atoms with van der Waals surface area (Å²) in [7, 11) is 0. The van der Waals surface area contributed by atoms with Crippen LogP contribution in [0.25, 0.3) is 0 Å². The van der Waals surface area contributed by atoms with E-state index < -0.39 is 0 Å². The van der Waals surface area contributed by atoms with Crippen molar-refractivity contribution in [2.45, 2.75) is 39.0 Å². The van der Waals surface area contributed by atoms with Gasteiger partial charge < -0.3 is 5.32 Å². The van der Waals surface area contributed by atoms with Gasteiger partial charge in [-0.3, -0.25) is 9.59 Å². The number of nitrogens with one attached hydrogen (secondary N) is 1. The van der Waals surface area contributed by atoms with Crippen LogP contribution in [-0.4, -0.2) is 21.9 Å². The SMILES string of the molecule is Cc1nnc(NC(=O)CCC(=O)c2ccc3c(c2)CCC3)s1. The molecule has 0 spiro atoms. The van der Waals surface area contributed by atoms with Gasteiger partial charge in [-0.2, -0.15) is 0 Å². The highest BCUT2D eigenvalue weighted by Crippen LogP contribution is 2.23. The fraction of sp³-hybridized carbons (Fsp3) is 0.375. The molecule has 1 N–H and O–H groups in total. The molecule has 1 heterocycles. The van der Waals surface area contributed by atoms with E-state index in [9.17, 15) is 9.59 Å². The van der Waals surface area contributed by atoms with Crippen molar-refractivity contribution in [1.29, 1.82) is 0 Å². The number of ketones is 1. The van der Waals surface area contributed by atoms with Crippen molar-refractivity contribution < 1.29 is 9.59 Å². The largest absolute Gasteiger partial charge is 0.301 e. The Kier molecular flexibility index (Phi) is 4.29. The van der Waals surface area contributed by atoms with Crippen LogP contribution < -0.4 is 5.32 Å². The number of rotatable bonds is 5. The maximum atomic E-state index is 12.2. The second kappa shape index (κ2) is 6.36. The predicted octanol–water partition coefficient (Wildman–Crippen LogP) is 2.94.